The van der Waals surface area contributed by atoms with Crippen LogP contribution in [0.1, 0.15) is 26.3 Å². The fraction of sp³-hybridized carbons (Fsp3) is 0.333. The molecule has 1 nitrogen and oxygen atoms in total. The summed E-state index contributed by atoms with van der Waals surface area (Å²) in [5.74, 6) is 0. The summed E-state index contributed by atoms with van der Waals surface area (Å²) >= 11 is 0. The van der Waals surface area contributed by atoms with Crippen molar-refractivity contribution in [2.24, 2.45) is 0 Å². The zero-order chi connectivity index (χ0) is 11.5. The van der Waals surface area contributed by atoms with E-state index >= 15 is 0 Å². The highest BCUT2D eigenvalue weighted by Gasteiger charge is 2.18. The summed E-state index contributed by atoms with van der Waals surface area (Å²) in [5.41, 5.74) is 0.951. The molecule has 0 saturated heterocycles. The van der Waals surface area contributed by atoms with Crippen molar-refractivity contribution in [3.63, 3.8) is 0 Å². The highest BCUT2D eigenvalue weighted by Crippen LogP contribution is 2.33. The van der Waals surface area contributed by atoms with Gasteiger partial charge in [0.05, 0.1) is 0 Å². The Hall–Kier alpha value is -0.540. The summed E-state index contributed by atoms with van der Waals surface area (Å²) in [5, 5.41) is 0. The average molecular weight is 240 g/mol. The van der Waals surface area contributed by atoms with Gasteiger partial charge in [0.15, 0.2) is 0 Å². The molecule has 1 atom stereocenters. The molecular weight excluding hydrogens is 224 g/mol. The molecule has 1 unspecified atom stereocenters. The lowest BCUT2D eigenvalue weighted by molar-refractivity contribution is 0.696. The normalized spacial score (nSPS) is 13.5. The first-order valence-corrected chi connectivity index (χ1v) is 7.24. The van der Waals surface area contributed by atoms with Crippen LogP contribution in [-0.2, 0) is 9.83 Å². The Kier molecular flexibility index (Phi) is 4.17. The Bertz CT molecular complexity index is 363. The number of rotatable bonds is 3. The second-order valence-electron chi connectivity index (χ2n) is 4.22. The molecule has 0 spiro atoms. The van der Waals surface area contributed by atoms with E-state index in [1.807, 2.05) is 51.1 Å². The van der Waals surface area contributed by atoms with E-state index in [1.54, 1.807) is 0 Å². The van der Waals surface area contributed by atoms with Gasteiger partial charge in [0.25, 0.3) is 0 Å². The van der Waals surface area contributed by atoms with Crippen molar-refractivity contribution in [3.8, 4) is 0 Å². The van der Waals surface area contributed by atoms with E-state index < -0.39 is 9.83 Å². The first kappa shape index (κ1) is 12.5. The van der Waals surface area contributed by atoms with E-state index in [4.69, 9.17) is 0 Å². The summed E-state index contributed by atoms with van der Waals surface area (Å²) in [6, 6.07) is 9.67. The molecule has 0 heterocycles. The zero-order valence-electron chi connectivity index (χ0n) is 9.32. The Labute approximate surface area is 97.8 Å². The molecule has 3 heteroatoms. The van der Waals surface area contributed by atoms with Gasteiger partial charge in [-0.15, -0.1) is 0 Å². The summed E-state index contributed by atoms with van der Waals surface area (Å²) in [4.78, 5) is 0.690. The van der Waals surface area contributed by atoms with Crippen LogP contribution < -0.4 is 0 Å². The smallest absolute Gasteiger partial charge is 0.113 e. The maximum atomic E-state index is 11.9. The maximum absolute atomic E-state index is 11.9. The lowest BCUT2D eigenvalue weighted by Gasteiger charge is -2.17. The Morgan fingerprint density at radius 1 is 1.27 bits per heavy atom. The first-order valence-electron chi connectivity index (χ1n) is 4.76. The van der Waals surface area contributed by atoms with Crippen LogP contribution in [0.25, 0.3) is 4.91 Å². The van der Waals surface area contributed by atoms with Crippen molar-refractivity contribution < 1.29 is 4.21 Å². The standard InChI is InChI=1S/C12H16OS2/c1-10(11-8-6-5-7-9-11)15(13)14-12(2,3)4/h5-9H,1H2,2-4H3. The van der Waals surface area contributed by atoms with Crippen LogP contribution in [0.2, 0.25) is 0 Å². The second kappa shape index (κ2) is 4.99. The minimum atomic E-state index is -1.06. The fourth-order valence-corrected chi connectivity index (χ4v) is 3.83. The highest BCUT2D eigenvalue weighted by molar-refractivity contribution is 8.72. The molecular formula is C12H16OS2. The van der Waals surface area contributed by atoms with Gasteiger partial charge in [0.2, 0.25) is 0 Å². The molecule has 82 valence electrons. The van der Waals surface area contributed by atoms with Gasteiger partial charge in [-0.25, -0.2) is 4.21 Å². The molecule has 1 aromatic carbocycles. The van der Waals surface area contributed by atoms with Crippen molar-refractivity contribution in [2.75, 3.05) is 0 Å². The second-order valence-corrected chi connectivity index (χ2v) is 7.98. The summed E-state index contributed by atoms with van der Waals surface area (Å²) in [7, 11) is 0.369. The zero-order valence-corrected chi connectivity index (χ0v) is 11.0. The van der Waals surface area contributed by atoms with Crippen molar-refractivity contribution in [2.45, 2.75) is 25.5 Å². The van der Waals surface area contributed by atoms with E-state index in [-0.39, 0.29) is 4.75 Å². The van der Waals surface area contributed by atoms with Crippen molar-refractivity contribution in [1.29, 1.82) is 0 Å². The SMILES string of the molecule is C=C(c1ccccc1)S(=O)SC(C)(C)C. The molecule has 15 heavy (non-hydrogen) atoms. The van der Waals surface area contributed by atoms with Crippen LogP contribution in [0.3, 0.4) is 0 Å². The predicted molar refractivity (Wildman–Crippen MR) is 71.0 cm³/mol. The molecule has 0 radical (unpaired) electrons. The quantitative estimate of drug-likeness (QED) is 0.746. The third kappa shape index (κ3) is 4.22. The summed E-state index contributed by atoms with van der Waals surface area (Å²) < 4.78 is 11.9. The minimum absolute atomic E-state index is 0.0113. The Balaban J connectivity index is 2.75. The van der Waals surface area contributed by atoms with Gasteiger partial charge in [0, 0.05) is 9.65 Å². The lowest BCUT2D eigenvalue weighted by Crippen LogP contribution is -2.09. The lowest BCUT2D eigenvalue weighted by atomic mass is 10.2. The molecule has 0 bridgehead atoms. The van der Waals surface area contributed by atoms with Crippen molar-refractivity contribution in [1.82, 2.24) is 0 Å². The van der Waals surface area contributed by atoms with E-state index in [1.165, 1.54) is 10.8 Å². The molecule has 0 amide bonds. The van der Waals surface area contributed by atoms with Crippen molar-refractivity contribution >= 4 is 25.5 Å². The van der Waals surface area contributed by atoms with E-state index in [0.717, 1.165) is 5.56 Å². The van der Waals surface area contributed by atoms with Gasteiger partial charge in [-0.3, -0.25) is 0 Å². The van der Waals surface area contributed by atoms with Crippen LogP contribution in [0.5, 0.6) is 0 Å². The Morgan fingerprint density at radius 2 is 1.80 bits per heavy atom. The van der Waals surface area contributed by atoms with E-state index in [0.29, 0.717) is 4.91 Å². The van der Waals surface area contributed by atoms with Gasteiger partial charge in [-0.2, -0.15) is 0 Å². The van der Waals surface area contributed by atoms with Crippen LogP contribution in [0.15, 0.2) is 36.9 Å². The monoisotopic (exact) mass is 240 g/mol. The Morgan fingerprint density at radius 3 is 2.27 bits per heavy atom. The van der Waals surface area contributed by atoms with Crippen LogP contribution in [0.4, 0.5) is 0 Å². The van der Waals surface area contributed by atoms with Gasteiger partial charge < -0.3 is 0 Å². The molecule has 0 aliphatic rings. The molecule has 0 N–H and O–H groups in total. The number of benzene rings is 1. The molecule has 1 aromatic rings. The first-order chi connectivity index (χ1) is 6.90. The van der Waals surface area contributed by atoms with Gasteiger partial charge in [-0.05, 0) is 5.56 Å². The summed E-state index contributed by atoms with van der Waals surface area (Å²) in [6.07, 6.45) is 0. The predicted octanol–water partition coefficient (Wildman–Crippen LogP) is 3.85. The van der Waals surface area contributed by atoms with Crippen LogP contribution in [-0.4, -0.2) is 8.96 Å². The largest absolute Gasteiger partial charge is 0.243 e. The third-order valence-electron chi connectivity index (χ3n) is 1.62. The molecule has 1 rings (SSSR count). The summed E-state index contributed by atoms with van der Waals surface area (Å²) in [6.45, 7) is 10.0. The van der Waals surface area contributed by atoms with Gasteiger partial charge in [0.1, 0.15) is 9.83 Å². The van der Waals surface area contributed by atoms with Crippen molar-refractivity contribution in [3.05, 3.63) is 42.5 Å². The fourth-order valence-electron chi connectivity index (χ4n) is 0.998. The maximum Gasteiger partial charge on any atom is 0.113 e. The number of hydrogen-bond acceptors (Lipinski definition) is 2. The van der Waals surface area contributed by atoms with Crippen LogP contribution in [0, 0.1) is 0 Å². The van der Waals surface area contributed by atoms with E-state index in [2.05, 4.69) is 6.58 Å². The average Bonchev–Trinajstić information content (AvgIpc) is 2.15. The van der Waals surface area contributed by atoms with Crippen LogP contribution >= 0.6 is 10.8 Å². The molecule has 0 fully saturated rings. The number of hydrogen-bond donors (Lipinski definition) is 0. The minimum Gasteiger partial charge on any atom is -0.243 e. The topological polar surface area (TPSA) is 17.1 Å². The third-order valence-corrected chi connectivity index (χ3v) is 5.47. The molecule has 0 saturated carbocycles. The highest BCUT2D eigenvalue weighted by atomic mass is 33.1. The molecule has 0 aliphatic heterocycles. The molecule has 0 aromatic heterocycles. The van der Waals surface area contributed by atoms with E-state index in [9.17, 15) is 4.21 Å². The van der Waals surface area contributed by atoms with Gasteiger partial charge >= 0.3 is 0 Å². The van der Waals surface area contributed by atoms with Gasteiger partial charge in [-0.1, -0.05) is 68.5 Å². The molecule has 0 aliphatic carbocycles.